The second-order valence-electron chi connectivity index (χ2n) is 7.78. The molecule has 140 valence electrons. The molecule has 0 heterocycles. The first-order valence-corrected chi connectivity index (χ1v) is 10.1. The predicted octanol–water partition coefficient (Wildman–Crippen LogP) is 6.20. The van der Waals surface area contributed by atoms with E-state index < -0.39 is 5.41 Å². The second-order valence-corrected chi connectivity index (χ2v) is 7.78. The van der Waals surface area contributed by atoms with E-state index in [4.69, 9.17) is 0 Å². The third-order valence-corrected chi connectivity index (χ3v) is 6.36. The molecule has 4 aromatic carbocycles. The van der Waals surface area contributed by atoms with E-state index in [0.717, 1.165) is 17.5 Å². The smallest absolute Gasteiger partial charge is 0.174 e. The Morgan fingerprint density at radius 3 is 1.34 bits per heavy atom. The molecule has 0 aromatic heterocycles. The highest BCUT2D eigenvalue weighted by Crippen LogP contribution is 2.69. The zero-order chi connectivity index (χ0) is 19.7. The molecule has 0 radical (unpaired) electrons. The van der Waals surface area contributed by atoms with E-state index in [1.165, 1.54) is 11.1 Å². The number of hydrogen-bond acceptors (Lipinski definition) is 1. The van der Waals surface area contributed by atoms with Gasteiger partial charge in [-0.25, -0.2) is 0 Å². The van der Waals surface area contributed by atoms with Gasteiger partial charge in [-0.05, 0) is 23.1 Å². The summed E-state index contributed by atoms with van der Waals surface area (Å²) in [5.41, 5.74) is 3.26. The zero-order valence-corrected chi connectivity index (χ0v) is 16.2. The summed E-state index contributed by atoms with van der Waals surface area (Å²) in [6.45, 7) is 0. The first kappa shape index (κ1) is 17.6. The molecule has 1 nitrogen and oxygen atoms in total. The van der Waals surface area contributed by atoms with Crippen LogP contribution in [0.2, 0.25) is 0 Å². The molecule has 1 heteroatoms. The van der Waals surface area contributed by atoms with Crippen molar-refractivity contribution in [2.24, 2.45) is 0 Å². The third kappa shape index (κ3) is 2.58. The summed E-state index contributed by atoms with van der Waals surface area (Å²) in [7, 11) is 0. The highest BCUT2D eigenvalue weighted by Gasteiger charge is 2.73. The molecule has 5 rings (SSSR count). The fourth-order valence-corrected chi connectivity index (χ4v) is 4.97. The Bertz CT molecular complexity index is 1080. The van der Waals surface area contributed by atoms with Gasteiger partial charge in [0, 0.05) is 11.0 Å². The standard InChI is InChI=1S/C28H22O/c29-26(22-13-5-1-6-14-22)28(25-19-11-4-12-20-25)21-27(28,23-15-7-2-8-16-23)24-17-9-3-10-18-24/h1-20H,21H2. The number of hydrogen-bond donors (Lipinski definition) is 0. The van der Waals surface area contributed by atoms with Crippen LogP contribution < -0.4 is 0 Å². The molecular formula is C28H22O. The maximum absolute atomic E-state index is 14.1. The van der Waals surface area contributed by atoms with Gasteiger partial charge in [0.2, 0.25) is 0 Å². The molecular weight excluding hydrogens is 352 g/mol. The fraction of sp³-hybridized carbons (Fsp3) is 0.107. The van der Waals surface area contributed by atoms with Crippen LogP contribution in [0.5, 0.6) is 0 Å². The molecule has 1 aliphatic rings. The molecule has 1 fully saturated rings. The predicted molar refractivity (Wildman–Crippen MR) is 117 cm³/mol. The Hall–Kier alpha value is -3.45. The van der Waals surface area contributed by atoms with Crippen LogP contribution in [0.3, 0.4) is 0 Å². The molecule has 0 aliphatic heterocycles. The van der Waals surface area contributed by atoms with Gasteiger partial charge in [-0.1, -0.05) is 121 Å². The molecule has 1 saturated carbocycles. The van der Waals surface area contributed by atoms with Gasteiger partial charge in [0.1, 0.15) is 0 Å². The minimum Gasteiger partial charge on any atom is -0.293 e. The fourth-order valence-electron chi connectivity index (χ4n) is 4.97. The highest BCUT2D eigenvalue weighted by atomic mass is 16.1. The number of Topliss-reactive ketones (excluding diaryl/α,β-unsaturated/α-hetero) is 1. The summed E-state index contributed by atoms with van der Waals surface area (Å²) in [6.07, 6.45) is 0.770. The summed E-state index contributed by atoms with van der Waals surface area (Å²) in [5, 5.41) is 0. The highest BCUT2D eigenvalue weighted by molar-refractivity contribution is 6.09. The number of ketones is 1. The molecule has 0 amide bonds. The Kier molecular flexibility index (Phi) is 4.17. The first-order valence-electron chi connectivity index (χ1n) is 10.1. The molecule has 1 atom stereocenters. The lowest BCUT2D eigenvalue weighted by atomic mass is 9.74. The van der Waals surface area contributed by atoms with Gasteiger partial charge in [0.25, 0.3) is 0 Å². The molecule has 0 spiro atoms. The Labute approximate surface area is 171 Å². The lowest BCUT2D eigenvalue weighted by Crippen LogP contribution is -2.32. The van der Waals surface area contributed by atoms with Gasteiger partial charge in [0.15, 0.2) is 5.78 Å². The van der Waals surface area contributed by atoms with Crippen molar-refractivity contribution in [1.82, 2.24) is 0 Å². The van der Waals surface area contributed by atoms with Crippen molar-refractivity contribution in [2.45, 2.75) is 17.3 Å². The van der Waals surface area contributed by atoms with Gasteiger partial charge in [-0.2, -0.15) is 0 Å². The van der Waals surface area contributed by atoms with Crippen molar-refractivity contribution in [3.05, 3.63) is 144 Å². The molecule has 0 bridgehead atoms. The Balaban J connectivity index is 1.79. The normalized spacial score (nSPS) is 19.4. The van der Waals surface area contributed by atoms with Crippen LogP contribution in [0.15, 0.2) is 121 Å². The van der Waals surface area contributed by atoms with E-state index >= 15 is 0 Å². The summed E-state index contributed by atoms with van der Waals surface area (Å²) in [6, 6.07) is 41.0. The maximum Gasteiger partial charge on any atom is 0.174 e. The Morgan fingerprint density at radius 1 is 0.517 bits per heavy atom. The van der Waals surface area contributed by atoms with E-state index in [9.17, 15) is 4.79 Å². The minimum atomic E-state index is -0.613. The Morgan fingerprint density at radius 2 is 0.897 bits per heavy atom. The molecule has 1 unspecified atom stereocenters. The van der Waals surface area contributed by atoms with Crippen molar-refractivity contribution in [3.63, 3.8) is 0 Å². The van der Waals surface area contributed by atoms with E-state index in [0.29, 0.717) is 0 Å². The molecule has 0 saturated heterocycles. The van der Waals surface area contributed by atoms with E-state index in [-0.39, 0.29) is 11.2 Å². The van der Waals surface area contributed by atoms with Crippen LogP contribution in [-0.2, 0) is 10.8 Å². The van der Waals surface area contributed by atoms with Gasteiger partial charge in [-0.15, -0.1) is 0 Å². The lowest BCUT2D eigenvalue weighted by molar-refractivity contribution is 0.0936. The summed E-state index contributed by atoms with van der Waals surface area (Å²) in [5.74, 6) is 0.192. The summed E-state index contributed by atoms with van der Waals surface area (Å²) in [4.78, 5) is 14.1. The number of rotatable bonds is 5. The van der Waals surface area contributed by atoms with Crippen LogP contribution >= 0.6 is 0 Å². The zero-order valence-electron chi connectivity index (χ0n) is 16.2. The van der Waals surface area contributed by atoms with Gasteiger partial charge in [-0.3, -0.25) is 4.79 Å². The largest absolute Gasteiger partial charge is 0.293 e. The van der Waals surface area contributed by atoms with Crippen molar-refractivity contribution in [3.8, 4) is 0 Å². The number of carbonyl (C=O) groups is 1. The quantitative estimate of drug-likeness (QED) is 0.380. The third-order valence-electron chi connectivity index (χ3n) is 6.36. The average molecular weight is 374 g/mol. The van der Waals surface area contributed by atoms with Gasteiger partial charge < -0.3 is 0 Å². The first-order chi connectivity index (χ1) is 14.3. The van der Waals surface area contributed by atoms with Gasteiger partial charge in [0.05, 0.1) is 5.41 Å². The van der Waals surface area contributed by atoms with Crippen molar-refractivity contribution >= 4 is 5.78 Å². The van der Waals surface area contributed by atoms with Crippen LogP contribution in [-0.4, -0.2) is 5.78 Å². The molecule has 0 N–H and O–H groups in total. The molecule has 29 heavy (non-hydrogen) atoms. The second kappa shape index (κ2) is 6.86. The number of benzene rings is 4. The average Bonchev–Trinajstić information content (AvgIpc) is 3.54. The van der Waals surface area contributed by atoms with E-state index in [1.54, 1.807) is 0 Å². The van der Waals surface area contributed by atoms with Crippen LogP contribution in [0.1, 0.15) is 33.5 Å². The number of carbonyl (C=O) groups excluding carboxylic acids is 1. The maximum atomic E-state index is 14.1. The van der Waals surface area contributed by atoms with E-state index in [1.807, 2.05) is 60.7 Å². The van der Waals surface area contributed by atoms with Crippen molar-refractivity contribution in [1.29, 1.82) is 0 Å². The SMILES string of the molecule is O=C(c1ccccc1)C1(c2ccccc2)CC1(c1ccccc1)c1ccccc1. The molecule has 1 aliphatic carbocycles. The van der Waals surface area contributed by atoms with Crippen LogP contribution in [0.25, 0.3) is 0 Å². The monoisotopic (exact) mass is 374 g/mol. The van der Waals surface area contributed by atoms with Crippen molar-refractivity contribution in [2.75, 3.05) is 0 Å². The summed E-state index contributed by atoms with van der Waals surface area (Å²) < 4.78 is 0. The van der Waals surface area contributed by atoms with Gasteiger partial charge >= 0.3 is 0 Å². The topological polar surface area (TPSA) is 17.1 Å². The van der Waals surface area contributed by atoms with Crippen molar-refractivity contribution < 1.29 is 4.79 Å². The minimum absolute atomic E-state index is 0.192. The lowest BCUT2D eigenvalue weighted by Gasteiger charge is -2.27. The van der Waals surface area contributed by atoms with Crippen LogP contribution in [0.4, 0.5) is 0 Å². The summed E-state index contributed by atoms with van der Waals surface area (Å²) >= 11 is 0. The molecule has 4 aromatic rings. The van der Waals surface area contributed by atoms with E-state index in [2.05, 4.69) is 60.7 Å². The van der Waals surface area contributed by atoms with Crippen LogP contribution in [0, 0.1) is 0 Å².